The number of amides is 1. The van der Waals surface area contributed by atoms with Gasteiger partial charge in [-0.25, -0.2) is 18.6 Å². The smallest absolute Gasteiger partial charge is 0.410 e. The molecule has 1 aliphatic heterocycles. The number of likely N-dealkylation sites (tertiary alicyclic amines) is 1. The summed E-state index contributed by atoms with van der Waals surface area (Å²) in [6.45, 7) is 4.82. The Kier molecular flexibility index (Phi) is 5.01. The van der Waals surface area contributed by atoms with Crippen LogP contribution >= 0.6 is 0 Å². The minimum Gasteiger partial charge on any atom is -0.444 e. The van der Waals surface area contributed by atoms with Crippen molar-refractivity contribution in [1.82, 2.24) is 14.9 Å². The summed E-state index contributed by atoms with van der Waals surface area (Å²) >= 11 is 0. The minimum atomic E-state index is -2.98. The number of aromatic nitrogens is 2. The predicted molar refractivity (Wildman–Crippen MR) is 81.4 cm³/mol. The van der Waals surface area contributed by atoms with Crippen molar-refractivity contribution < 1.29 is 18.3 Å². The number of nitrogens with zero attached hydrogens (tertiary/aromatic N) is 3. The van der Waals surface area contributed by atoms with E-state index >= 15 is 0 Å². The number of rotatable bonds is 3. The summed E-state index contributed by atoms with van der Waals surface area (Å²) in [6, 6.07) is 0. The van der Waals surface area contributed by atoms with Crippen LogP contribution in [-0.4, -0.2) is 52.1 Å². The van der Waals surface area contributed by atoms with Gasteiger partial charge in [0.1, 0.15) is 11.4 Å². The van der Waals surface area contributed by atoms with Crippen LogP contribution in [0.4, 0.5) is 19.4 Å². The first-order chi connectivity index (χ1) is 10.7. The molecule has 6 nitrogen and oxygen atoms in total. The summed E-state index contributed by atoms with van der Waals surface area (Å²) in [6.07, 6.45) is 3.98. The summed E-state index contributed by atoms with van der Waals surface area (Å²) in [5.41, 5.74) is -0.698. The molecule has 1 aromatic heterocycles. The minimum absolute atomic E-state index is 0.0772. The Morgan fingerprint density at radius 3 is 2.78 bits per heavy atom. The van der Waals surface area contributed by atoms with Crippen LogP contribution in [0.1, 0.15) is 27.2 Å². The third-order valence-electron chi connectivity index (χ3n) is 3.49. The monoisotopic (exact) mass is 328 g/mol. The fourth-order valence-electron chi connectivity index (χ4n) is 2.34. The standard InChI is InChI=1S/C15H22F2N4O2/c1-14(2,3)23-13(22)21-7-4-11(15(16,17)10-21)8-20-12-9-18-5-6-19-12/h5-6,9,11H,4,7-8,10H2,1-3H3,(H,19,20)/t11-/m0/s1. The normalized spacial score (nSPS) is 20.9. The number of piperidine rings is 1. The second-order valence-electron chi connectivity index (χ2n) is 6.62. The summed E-state index contributed by atoms with van der Waals surface area (Å²) in [4.78, 5) is 20.9. The molecule has 0 saturated carbocycles. The second kappa shape index (κ2) is 6.64. The molecule has 1 atom stereocenters. The highest BCUT2D eigenvalue weighted by Gasteiger charge is 2.46. The molecule has 128 valence electrons. The lowest BCUT2D eigenvalue weighted by atomic mass is 9.93. The van der Waals surface area contributed by atoms with Crippen LogP contribution in [-0.2, 0) is 4.74 Å². The molecular formula is C15H22F2N4O2. The zero-order valence-electron chi connectivity index (χ0n) is 13.6. The largest absolute Gasteiger partial charge is 0.444 e. The average Bonchev–Trinajstić information content (AvgIpc) is 2.44. The first kappa shape index (κ1) is 17.4. The highest BCUT2D eigenvalue weighted by Crippen LogP contribution is 2.33. The van der Waals surface area contributed by atoms with Crippen LogP contribution in [0.3, 0.4) is 0 Å². The zero-order valence-corrected chi connectivity index (χ0v) is 13.6. The highest BCUT2D eigenvalue weighted by atomic mass is 19.3. The van der Waals surface area contributed by atoms with E-state index in [1.807, 2.05) is 0 Å². The van der Waals surface area contributed by atoms with E-state index in [9.17, 15) is 13.6 Å². The molecule has 1 aliphatic rings. The van der Waals surface area contributed by atoms with Gasteiger partial charge in [0.25, 0.3) is 5.92 Å². The van der Waals surface area contributed by atoms with Crippen LogP contribution in [0, 0.1) is 5.92 Å². The van der Waals surface area contributed by atoms with Crippen LogP contribution in [0.15, 0.2) is 18.6 Å². The summed E-state index contributed by atoms with van der Waals surface area (Å²) in [5.74, 6) is -3.40. The first-order valence-corrected chi connectivity index (χ1v) is 7.53. The van der Waals surface area contributed by atoms with Gasteiger partial charge in [-0.2, -0.15) is 0 Å². The molecule has 1 amide bonds. The Balaban J connectivity index is 1.91. The summed E-state index contributed by atoms with van der Waals surface area (Å²) < 4.78 is 33.7. The van der Waals surface area contributed by atoms with E-state index in [0.29, 0.717) is 5.82 Å². The van der Waals surface area contributed by atoms with Crippen LogP contribution < -0.4 is 5.32 Å². The van der Waals surface area contributed by atoms with Gasteiger partial charge in [0, 0.05) is 31.4 Å². The van der Waals surface area contributed by atoms with Crippen LogP contribution in [0.25, 0.3) is 0 Å². The lowest BCUT2D eigenvalue weighted by Crippen LogP contribution is -2.53. The van der Waals surface area contributed by atoms with Gasteiger partial charge < -0.3 is 15.0 Å². The number of nitrogens with one attached hydrogen (secondary N) is 1. The van der Waals surface area contributed by atoms with Crippen LogP contribution in [0.5, 0.6) is 0 Å². The Bertz CT molecular complexity index is 534. The molecular weight excluding hydrogens is 306 g/mol. The van der Waals surface area contributed by atoms with Gasteiger partial charge in [-0.05, 0) is 27.2 Å². The Hall–Kier alpha value is -1.99. The summed E-state index contributed by atoms with van der Waals surface area (Å²) in [7, 11) is 0. The van der Waals surface area contributed by atoms with Gasteiger partial charge in [0.15, 0.2) is 0 Å². The van der Waals surface area contributed by atoms with Crippen molar-refractivity contribution in [2.24, 2.45) is 5.92 Å². The molecule has 0 bridgehead atoms. The molecule has 0 aromatic carbocycles. The number of carbonyl (C=O) groups is 1. The molecule has 2 heterocycles. The van der Waals surface area contributed by atoms with Gasteiger partial charge in [0.2, 0.25) is 0 Å². The molecule has 1 aromatic rings. The van der Waals surface area contributed by atoms with Crippen molar-refractivity contribution in [3.63, 3.8) is 0 Å². The number of carbonyl (C=O) groups excluding carboxylic acids is 1. The van der Waals surface area contributed by atoms with Crippen LogP contribution in [0.2, 0.25) is 0 Å². The third kappa shape index (κ3) is 5.01. The Morgan fingerprint density at radius 2 is 2.22 bits per heavy atom. The molecule has 1 fully saturated rings. The summed E-state index contributed by atoms with van der Waals surface area (Å²) in [5, 5.41) is 2.86. The van der Waals surface area contributed by atoms with Gasteiger partial charge in [-0.3, -0.25) is 4.98 Å². The first-order valence-electron chi connectivity index (χ1n) is 7.53. The number of anilines is 1. The van der Waals surface area contributed by atoms with E-state index in [1.165, 1.54) is 18.6 Å². The van der Waals surface area contributed by atoms with Gasteiger partial charge in [-0.15, -0.1) is 0 Å². The second-order valence-corrected chi connectivity index (χ2v) is 6.62. The molecule has 1 N–H and O–H groups in total. The van der Waals surface area contributed by atoms with Crippen molar-refractivity contribution in [3.8, 4) is 0 Å². The number of halogens is 2. The average molecular weight is 328 g/mol. The van der Waals surface area contributed by atoms with Gasteiger partial charge in [-0.1, -0.05) is 0 Å². The van der Waals surface area contributed by atoms with E-state index in [2.05, 4.69) is 15.3 Å². The Morgan fingerprint density at radius 1 is 1.48 bits per heavy atom. The zero-order chi connectivity index (χ0) is 17.1. The Labute approximate surface area is 134 Å². The van der Waals surface area contributed by atoms with E-state index in [1.54, 1.807) is 20.8 Å². The van der Waals surface area contributed by atoms with Crippen molar-refractivity contribution >= 4 is 11.9 Å². The number of ether oxygens (including phenoxy) is 1. The molecule has 0 spiro atoms. The molecule has 1 saturated heterocycles. The SMILES string of the molecule is CC(C)(C)OC(=O)N1CC[C@@H](CNc2cnccn2)C(F)(F)C1. The lowest BCUT2D eigenvalue weighted by Gasteiger charge is -2.38. The van der Waals surface area contributed by atoms with Gasteiger partial charge >= 0.3 is 6.09 Å². The van der Waals surface area contributed by atoms with E-state index in [4.69, 9.17) is 4.74 Å². The number of alkyl halides is 2. The highest BCUT2D eigenvalue weighted by molar-refractivity contribution is 5.68. The maximum atomic E-state index is 14.3. The predicted octanol–water partition coefficient (Wildman–Crippen LogP) is 2.78. The van der Waals surface area contributed by atoms with E-state index in [0.717, 1.165) is 4.90 Å². The molecule has 0 unspecified atom stereocenters. The number of hydrogen-bond donors (Lipinski definition) is 1. The lowest BCUT2D eigenvalue weighted by molar-refractivity contribution is -0.106. The maximum Gasteiger partial charge on any atom is 0.410 e. The van der Waals surface area contributed by atoms with Crippen molar-refractivity contribution in [2.75, 3.05) is 25.0 Å². The third-order valence-corrected chi connectivity index (χ3v) is 3.49. The fourth-order valence-corrected chi connectivity index (χ4v) is 2.34. The maximum absolute atomic E-state index is 14.3. The molecule has 2 rings (SSSR count). The number of hydrogen-bond acceptors (Lipinski definition) is 5. The molecule has 8 heteroatoms. The fraction of sp³-hybridized carbons (Fsp3) is 0.667. The topological polar surface area (TPSA) is 67.3 Å². The molecule has 0 aliphatic carbocycles. The molecule has 23 heavy (non-hydrogen) atoms. The molecule has 0 radical (unpaired) electrons. The van der Waals surface area contributed by atoms with E-state index in [-0.39, 0.29) is 19.5 Å². The van der Waals surface area contributed by atoms with Crippen molar-refractivity contribution in [3.05, 3.63) is 18.6 Å². The van der Waals surface area contributed by atoms with Crippen molar-refractivity contribution in [1.29, 1.82) is 0 Å². The quantitative estimate of drug-likeness (QED) is 0.924. The van der Waals surface area contributed by atoms with Gasteiger partial charge in [0.05, 0.1) is 12.7 Å². The van der Waals surface area contributed by atoms with E-state index < -0.39 is 30.1 Å². The van der Waals surface area contributed by atoms with Crippen molar-refractivity contribution in [2.45, 2.75) is 38.7 Å².